The third-order valence-electron chi connectivity index (χ3n) is 2.37. The molecular formula is C12H17N3O4. The molecule has 0 atom stereocenters. The van der Waals surface area contributed by atoms with Gasteiger partial charge in [-0.15, -0.1) is 0 Å². The Morgan fingerprint density at radius 2 is 2.21 bits per heavy atom. The van der Waals surface area contributed by atoms with Gasteiger partial charge in [0.2, 0.25) is 0 Å². The van der Waals surface area contributed by atoms with Crippen LogP contribution in [0.2, 0.25) is 0 Å². The maximum absolute atomic E-state index is 11.7. The molecule has 7 heteroatoms. The number of carbonyl (C=O) groups is 2. The summed E-state index contributed by atoms with van der Waals surface area (Å²) < 4.78 is 4.82. The van der Waals surface area contributed by atoms with Crippen molar-refractivity contribution in [2.24, 2.45) is 0 Å². The zero-order valence-corrected chi connectivity index (χ0v) is 10.9. The first-order valence-electron chi connectivity index (χ1n) is 5.70. The molecule has 1 rings (SSSR count). The highest BCUT2D eigenvalue weighted by Crippen LogP contribution is 2.09. The molecule has 1 amide bonds. The molecule has 2 N–H and O–H groups in total. The molecule has 1 aromatic rings. The van der Waals surface area contributed by atoms with Crippen LogP contribution in [0, 0.1) is 0 Å². The molecule has 0 saturated carbocycles. The number of methoxy groups -OCH3 is 1. The van der Waals surface area contributed by atoms with Gasteiger partial charge in [-0.25, -0.2) is 4.98 Å². The molecule has 0 aliphatic rings. The Balaban J connectivity index is 2.60. The minimum atomic E-state index is -0.939. The zero-order valence-electron chi connectivity index (χ0n) is 10.9. The molecule has 19 heavy (non-hydrogen) atoms. The smallest absolute Gasteiger partial charge is 0.323 e. The maximum Gasteiger partial charge on any atom is 0.323 e. The lowest BCUT2D eigenvalue weighted by atomic mass is 10.2. The summed E-state index contributed by atoms with van der Waals surface area (Å²) in [6.07, 6.45) is 1.41. The van der Waals surface area contributed by atoms with Crippen molar-refractivity contribution >= 4 is 17.7 Å². The maximum atomic E-state index is 11.7. The summed E-state index contributed by atoms with van der Waals surface area (Å²) in [5.74, 6) is -0.682. The van der Waals surface area contributed by atoms with E-state index in [4.69, 9.17) is 9.84 Å². The van der Waals surface area contributed by atoms with E-state index in [1.807, 2.05) is 0 Å². The normalized spacial score (nSPS) is 10.0. The Hall–Kier alpha value is -2.15. The fourth-order valence-corrected chi connectivity index (χ4v) is 1.40. The number of carboxylic acids is 1. The molecule has 0 aliphatic heterocycles. The molecule has 0 saturated heterocycles. The van der Waals surface area contributed by atoms with Gasteiger partial charge in [-0.3, -0.25) is 9.59 Å². The Labute approximate surface area is 111 Å². The summed E-state index contributed by atoms with van der Waals surface area (Å²) in [5, 5.41) is 11.3. The first-order chi connectivity index (χ1) is 9.04. The van der Waals surface area contributed by atoms with Gasteiger partial charge < -0.3 is 20.1 Å². The number of nitrogens with zero attached hydrogens (tertiary/aromatic N) is 2. The standard InChI is InChI=1S/C12H17N3O4/c1-15(8-11(16)17)10-4-3-9(7-14-10)12(18)13-5-6-19-2/h3-4,7H,5-6,8H2,1-2H3,(H,13,18)(H,16,17). The van der Waals surface area contributed by atoms with E-state index in [2.05, 4.69) is 10.3 Å². The van der Waals surface area contributed by atoms with E-state index in [9.17, 15) is 9.59 Å². The van der Waals surface area contributed by atoms with Crippen LogP contribution in [0.5, 0.6) is 0 Å². The molecule has 1 heterocycles. The monoisotopic (exact) mass is 267 g/mol. The largest absolute Gasteiger partial charge is 0.480 e. The number of carboxylic acid groups (broad SMARTS) is 1. The summed E-state index contributed by atoms with van der Waals surface area (Å²) in [6, 6.07) is 3.21. The number of ether oxygens (including phenoxy) is 1. The molecule has 104 valence electrons. The van der Waals surface area contributed by atoms with E-state index in [0.717, 1.165) is 0 Å². The second-order valence-corrected chi connectivity index (χ2v) is 3.90. The van der Waals surface area contributed by atoms with E-state index in [-0.39, 0.29) is 12.5 Å². The number of nitrogens with one attached hydrogen (secondary N) is 1. The molecule has 0 aromatic carbocycles. The van der Waals surface area contributed by atoms with Crippen molar-refractivity contribution < 1.29 is 19.4 Å². The number of amides is 1. The minimum absolute atomic E-state index is 0.146. The SMILES string of the molecule is COCCNC(=O)c1ccc(N(C)CC(=O)O)nc1. The molecule has 7 nitrogen and oxygen atoms in total. The first kappa shape index (κ1) is 14.9. The molecule has 0 unspecified atom stereocenters. The van der Waals surface area contributed by atoms with Crippen molar-refractivity contribution in [2.75, 3.05) is 38.8 Å². The van der Waals surface area contributed by atoms with Crippen molar-refractivity contribution in [3.63, 3.8) is 0 Å². The van der Waals surface area contributed by atoms with Crippen molar-refractivity contribution in [1.29, 1.82) is 0 Å². The Morgan fingerprint density at radius 1 is 1.47 bits per heavy atom. The second kappa shape index (κ2) is 7.32. The van der Waals surface area contributed by atoms with Gasteiger partial charge in [0.1, 0.15) is 12.4 Å². The van der Waals surface area contributed by atoms with Crippen LogP contribution in [-0.4, -0.2) is 55.8 Å². The number of anilines is 1. The summed E-state index contributed by atoms with van der Waals surface area (Å²) in [7, 11) is 3.18. The van der Waals surface area contributed by atoms with Crippen LogP contribution in [0.3, 0.4) is 0 Å². The fraction of sp³-hybridized carbons (Fsp3) is 0.417. The van der Waals surface area contributed by atoms with Gasteiger partial charge in [0, 0.05) is 26.9 Å². The third-order valence-corrected chi connectivity index (χ3v) is 2.37. The van der Waals surface area contributed by atoms with E-state index < -0.39 is 5.97 Å². The summed E-state index contributed by atoms with van der Waals surface area (Å²) in [6.45, 7) is 0.723. The number of aliphatic carboxylic acids is 1. The number of hydrogen-bond acceptors (Lipinski definition) is 5. The van der Waals surface area contributed by atoms with Gasteiger partial charge in [-0.2, -0.15) is 0 Å². The molecule has 0 bridgehead atoms. The van der Waals surface area contributed by atoms with E-state index in [1.165, 1.54) is 11.1 Å². The zero-order chi connectivity index (χ0) is 14.3. The highest BCUT2D eigenvalue weighted by Gasteiger charge is 2.09. The lowest BCUT2D eigenvalue weighted by Crippen LogP contribution is -2.28. The average Bonchev–Trinajstić information content (AvgIpc) is 2.38. The fourth-order valence-electron chi connectivity index (χ4n) is 1.40. The van der Waals surface area contributed by atoms with Crippen molar-refractivity contribution in [1.82, 2.24) is 10.3 Å². The quantitative estimate of drug-likeness (QED) is 0.674. The van der Waals surface area contributed by atoms with Gasteiger partial charge in [0.25, 0.3) is 5.91 Å². The average molecular weight is 267 g/mol. The molecule has 0 fully saturated rings. The van der Waals surface area contributed by atoms with E-state index in [0.29, 0.717) is 24.5 Å². The predicted octanol–water partition coefficient (Wildman–Crippen LogP) is -0.0214. The highest BCUT2D eigenvalue weighted by atomic mass is 16.5. The van der Waals surface area contributed by atoms with Crippen LogP contribution < -0.4 is 10.2 Å². The van der Waals surface area contributed by atoms with Gasteiger partial charge in [0.05, 0.1) is 12.2 Å². The van der Waals surface area contributed by atoms with E-state index >= 15 is 0 Å². The molecule has 0 radical (unpaired) electrons. The van der Waals surface area contributed by atoms with Crippen LogP contribution in [0.1, 0.15) is 10.4 Å². The molecule has 0 aliphatic carbocycles. The number of aromatic nitrogens is 1. The molecular weight excluding hydrogens is 250 g/mol. The predicted molar refractivity (Wildman–Crippen MR) is 69.4 cm³/mol. The van der Waals surface area contributed by atoms with Crippen LogP contribution in [0.4, 0.5) is 5.82 Å². The lowest BCUT2D eigenvalue weighted by molar-refractivity contribution is -0.135. The summed E-state index contributed by atoms with van der Waals surface area (Å²) in [5.41, 5.74) is 0.420. The van der Waals surface area contributed by atoms with Gasteiger partial charge >= 0.3 is 5.97 Å². The van der Waals surface area contributed by atoms with Crippen LogP contribution in [0.25, 0.3) is 0 Å². The van der Waals surface area contributed by atoms with Crippen LogP contribution >= 0.6 is 0 Å². The van der Waals surface area contributed by atoms with Gasteiger partial charge in [-0.05, 0) is 12.1 Å². The van der Waals surface area contributed by atoms with Gasteiger partial charge in [-0.1, -0.05) is 0 Å². The summed E-state index contributed by atoms with van der Waals surface area (Å²) in [4.78, 5) is 27.8. The number of hydrogen-bond donors (Lipinski definition) is 2. The minimum Gasteiger partial charge on any atom is -0.480 e. The Morgan fingerprint density at radius 3 is 2.74 bits per heavy atom. The van der Waals surface area contributed by atoms with Crippen LogP contribution in [-0.2, 0) is 9.53 Å². The van der Waals surface area contributed by atoms with Crippen molar-refractivity contribution in [3.8, 4) is 0 Å². The number of rotatable bonds is 7. The van der Waals surface area contributed by atoms with Crippen molar-refractivity contribution in [3.05, 3.63) is 23.9 Å². The first-order valence-corrected chi connectivity index (χ1v) is 5.70. The topological polar surface area (TPSA) is 91.8 Å². The summed E-state index contributed by atoms with van der Waals surface area (Å²) >= 11 is 0. The van der Waals surface area contributed by atoms with Crippen molar-refractivity contribution in [2.45, 2.75) is 0 Å². The number of carbonyl (C=O) groups excluding carboxylic acids is 1. The molecule has 1 aromatic heterocycles. The van der Waals surface area contributed by atoms with Crippen LogP contribution in [0.15, 0.2) is 18.3 Å². The number of pyridine rings is 1. The third kappa shape index (κ3) is 4.92. The highest BCUT2D eigenvalue weighted by molar-refractivity contribution is 5.94. The number of likely N-dealkylation sites (N-methyl/N-ethyl adjacent to an activating group) is 1. The Bertz CT molecular complexity index is 433. The van der Waals surface area contributed by atoms with E-state index in [1.54, 1.807) is 26.3 Å². The lowest BCUT2D eigenvalue weighted by Gasteiger charge is -2.15. The van der Waals surface area contributed by atoms with Gasteiger partial charge in [0.15, 0.2) is 0 Å². The Kier molecular flexibility index (Phi) is 5.74. The second-order valence-electron chi connectivity index (χ2n) is 3.90. The molecule has 0 spiro atoms.